The summed E-state index contributed by atoms with van der Waals surface area (Å²) in [5.41, 5.74) is 6.01. The number of nitrogens with one attached hydrogen (secondary N) is 1. The molecular formula is C16H28N2O2. The van der Waals surface area contributed by atoms with Crippen LogP contribution in [0.3, 0.4) is 0 Å². The zero-order valence-corrected chi connectivity index (χ0v) is 12.5. The van der Waals surface area contributed by atoms with Gasteiger partial charge in [-0.15, -0.1) is 0 Å². The molecule has 0 atom stereocenters. The van der Waals surface area contributed by atoms with Gasteiger partial charge in [0, 0.05) is 18.5 Å². The first-order valence-corrected chi connectivity index (χ1v) is 8.29. The number of hydrogen-bond acceptors (Lipinski definition) is 3. The van der Waals surface area contributed by atoms with Crippen LogP contribution in [-0.2, 0) is 9.53 Å². The molecule has 2 heterocycles. The van der Waals surface area contributed by atoms with E-state index in [1.54, 1.807) is 0 Å². The Morgan fingerprint density at radius 3 is 2.45 bits per heavy atom. The van der Waals surface area contributed by atoms with Gasteiger partial charge in [0.25, 0.3) is 0 Å². The average molecular weight is 280 g/mol. The van der Waals surface area contributed by atoms with Crippen LogP contribution < -0.4 is 11.1 Å². The van der Waals surface area contributed by atoms with Gasteiger partial charge in [0.05, 0.1) is 12.2 Å². The summed E-state index contributed by atoms with van der Waals surface area (Å²) in [5.74, 6) is 0.821. The normalized spacial score (nSPS) is 37.9. The molecule has 2 aliphatic carbocycles. The van der Waals surface area contributed by atoms with Gasteiger partial charge in [-0.1, -0.05) is 19.3 Å². The van der Waals surface area contributed by atoms with Crippen LogP contribution in [0.2, 0.25) is 0 Å². The molecule has 1 amide bonds. The summed E-state index contributed by atoms with van der Waals surface area (Å²) in [6.45, 7) is 1.33. The predicted molar refractivity (Wildman–Crippen MR) is 78.3 cm³/mol. The second-order valence-corrected chi connectivity index (χ2v) is 7.32. The van der Waals surface area contributed by atoms with E-state index >= 15 is 0 Å². The lowest BCUT2D eigenvalue weighted by molar-refractivity contribution is -0.153. The van der Waals surface area contributed by atoms with E-state index in [2.05, 4.69) is 5.32 Å². The van der Waals surface area contributed by atoms with Gasteiger partial charge in [0.15, 0.2) is 0 Å². The Hall–Kier alpha value is -0.610. The molecule has 4 fully saturated rings. The summed E-state index contributed by atoms with van der Waals surface area (Å²) >= 11 is 0. The van der Waals surface area contributed by atoms with E-state index in [1.807, 2.05) is 0 Å². The smallest absolute Gasteiger partial charge is 0.220 e. The number of nitrogens with two attached hydrogens (primary N) is 1. The molecule has 4 heteroatoms. The van der Waals surface area contributed by atoms with Crippen LogP contribution in [0.4, 0.5) is 0 Å². The second kappa shape index (κ2) is 5.64. The van der Waals surface area contributed by atoms with Crippen molar-refractivity contribution in [1.29, 1.82) is 0 Å². The maximum absolute atomic E-state index is 12.1. The predicted octanol–water partition coefficient (Wildman–Crippen LogP) is 2.11. The van der Waals surface area contributed by atoms with Crippen LogP contribution >= 0.6 is 0 Å². The summed E-state index contributed by atoms with van der Waals surface area (Å²) in [7, 11) is 0. The number of fused-ring (bicyclic) bond motifs is 3. The molecule has 0 aromatic rings. The minimum atomic E-state index is -0.122. The van der Waals surface area contributed by atoms with E-state index in [-0.39, 0.29) is 17.0 Å². The third-order valence-electron chi connectivity index (χ3n) is 5.63. The van der Waals surface area contributed by atoms with Crippen LogP contribution in [0.15, 0.2) is 0 Å². The minimum Gasteiger partial charge on any atom is -0.371 e. The highest BCUT2D eigenvalue weighted by molar-refractivity contribution is 5.76. The number of rotatable bonds is 4. The number of amides is 1. The molecule has 0 unspecified atom stereocenters. The van der Waals surface area contributed by atoms with E-state index in [1.165, 1.54) is 32.1 Å². The monoisotopic (exact) mass is 280 g/mol. The number of hydrogen-bond donors (Lipinski definition) is 2. The van der Waals surface area contributed by atoms with Gasteiger partial charge in [0.2, 0.25) is 5.91 Å². The van der Waals surface area contributed by atoms with E-state index in [0.29, 0.717) is 25.5 Å². The van der Waals surface area contributed by atoms with Gasteiger partial charge in [-0.25, -0.2) is 0 Å². The molecule has 4 rings (SSSR count). The Bertz CT molecular complexity index is 339. The van der Waals surface area contributed by atoms with Crippen molar-refractivity contribution in [3.63, 3.8) is 0 Å². The summed E-state index contributed by atoms with van der Waals surface area (Å²) in [5, 5.41) is 3.12. The lowest BCUT2D eigenvalue weighted by atomic mass is 9.71. The fraction of sp³-hybridized carbons (Fsp3) is 0.938. The fourth-order valence-electron chi connectivity index (χ4n) is 4.00. The zero-order valence-electron chi connectivity index (χ0n) is 12.5. The summed E-state index contributed by atoms with van der Waals surface area (Å²) in [6, 6.07) is 0. The summed E-state index contributed by atoms with van der Waals surface area (Å²) in [6.07, 6.45) is 11.1. The molecule has 4 nitrogen and oxygen atoms in total. The van der Waals surface area contributed by atoms with Crippen molar-refractivity contribution in [2.24, 2.45) is 11.7 Å². The molecule has 0 radical (unpaired) electrons. The number of carbonyl (C=O) groups is 1. The molecule has 2 saturated carbocycles. The topological polar surface area (TPSA) is 64.3 Å². The van der Waals surface area contributed by atoms with E-state index in [9.17, 15) is 4.79 Å². The van der Waals surface area contributed by atoms with Crippen molar-refractivity contribution in [1.82, 2.24) is 5.32 Å². The molecule has 2 bridgehead atoms. The third kappa shape index (κ3) is 3.17. The molecule has 4 aliphatic rings. The highest BCUT2D eigenvalue weighted by atomic mass is 16.5. The van der Waals surface area contributed by atoms with Crippen LogP contribution in [0, 0.1) is 5.92 Å². The molecule has 2 aliphatic heterocycles. The molecule has 0 spiro atoms. The lowest BCUT2D eigenvalue weighted by Gasteiger charge is -2.51. The first-order valence-electron chi connectivity index (χ1n) is 8.29. The third-order valence-corrected chi connectivity index (χ3v) is 5.63. The maximum Gasteiger partial charge on any atom is 0.220 e. The molecule has 114 valence electrons. The Kier molecular flexibility index (Phi) is 4.04. The van der Waals surface area contributed by atoms with Crippen LogP contribution in [0.1, 0.15) is 64.2 Å². The van der Waals surface area contributed by atoms with E-state index < -0.39 is 0 Å². The van der Waals surface area contributed by atoms with Crippen molar-refractivity contribution >= 4 is 5.91 Å². The highest BCUT2D eigenvalue weighted by Gasteiger charge is 2.47. The van der Waals surface area contributed by atoms with Crippen molar-refractivity contribution in [3.05, 3.63) is 0 Å². The molecule has 0 aromatic heterocycles. The second-order valence-electron chi connectivity index (χ2n) is 7.32. The van der Waals surface area contributed by atoms with Gasteiger partial charge >= 0.3 is 0 Å². The van der Waals surface area contributed by atoms with E-state index in [4.69, 9.17) is 10.5 Å². The summed E-state index contributed by atoms with van der Waals surface area (Å²) < 4.78 is 5.97. The first kappa shape index (κ1) is 14.3. The van der Waals surface area contributed by atoms with Crippen molar-refractivity contribution in [2.45, 2.75) is 75.3 Å². The molecule has 20 heavy (non-hydrogen) atoms. The van der Waals surface area contributed by atoms with Gasteiger partial charge in [0.1, 0.15) is 0 Å². The summed E-state index contributed by atoms with van der Waals surface area (Å²) in [4.78, 5) is 12.1. The largest absolute Gasteiger partial charge is 0.371 e. The van der Waals surface area contributed by atoms with Gasteiger partial charge in [-0.3, -0.25) is 4.79 Å². The number of ether oxygens (including phenoxy) is 1. The first-order chi connectivity index (χ1) is 9.59. The van der Waals surface area contributed by atoms with E-state index in [0.717, 1.165) is 25.7 Å². The minimum absolute atomic E-state index is 0.0894. The lowest BCUT2D eigenvalue weighted by Crippen LogP contribution is -2.62. The molecule has 3 N–H and O–H groups in total. The maximum atomic E-state index is 12.1. The van der Waals surface area contributed by atoms with Gasteiger partial charge in [-0.05, 0) is 44.4 Å². The Morgan fingerprint density at radius 1 is 1.15 bits per heavy atom. The van der Waals surface area contributed by atoms with Crippen molar-refractivity contribution in [2.75, 3.05) is 13.2 Å². The quantitative estimate of drug-likeness (QED) is 0.829. The zero-order chi connectivity index (χ0) is 14.1. The van der Waals surface area contributed by atoms with Crippen molar-refractivity contribution < 1.29 is 9.53 Å². The van der Waals surface area contributed by atoms with Gasteiger partial charge < -0.3 is 15.8 Å². The fourth-order valence-corrected chi connectivity index (χ4v) is 4.00. The van der Waals surface area contributed by atoms with Crippen LogP contribution in [0.5, 0.6) is 0 Å². The van der Waals surface area contributed by atoms with Crippen molar-refractivity contribution in [3.8, 4) is 0 Å². The molecule has 0 aromatic carbocycles. The molecule has 2 saturated heterocycles. The Balaban J connectivity index is 1.43. The SMILES string of the molecule is NC12CCC(CNC(=O)CC3CCCCC3)(CC1)OC2. The van der Waals surface area contributed by atoms with Crippen LogP contribution in [-0.4, -0.2) is 30.2 Å². The standard InChI is InChI=1S/C16H28N2O2/c17-15-6-8-16(9-7-15,20-12-15)11-18-14(19)10-13-4-2-1-3-5-13/h13H,1-12,17H2,(H,18,19). The Morgan fingerprint density at radius 2 is 1.85 bits per heavy atom. The molecular weight excluding hydrogens is 252 g/mol. The highest BCUT2D eigenvalue weighted by Crippen LogP contribution is 2.41. The van der Waals surface area contributed by atoms with Gasteiger partial charge in [-0.2, -0.15) is 0 Å². The van der Waals surface area contributed by atoms with Crippen LogP contribution in [0.25, 0.3) is 0 Å². The average Bonchev–Trinajstić information content (AvgIpc) is 2.48. The Labute approximate surface area is 121 Å². The number of carbonyl (C=O) groups excluding carboxylic acids is 1.